The van der Waals surface area contributed by atoms with Crippen molar-refractivity contribution in [2.24, 2.45) is 5.92 Å². The molecule has 3 rings (SSSR count). The predicted molar refractivity (Wildman–Crippen MR) is 97.1 cm³/mol. The molecule has 0 radical (unpaired) electrons. The minimum absolute atomic E-state index is 0.171. The van der Waals surface area contributed by atoms with Crippen LogP contribution in [-0.2, 0) is 10.0 Å². The van der Waals surface area contributed by atoms with Gasteiger partial charge < -0.3 is 5.32 Å². The van der Waals surface area contributed by atoms with Crippen molar-refractivity contribution < 1.29 is 8.42 Å². The first-order valence-electron chi connectivity index (χ1n) is 8.68. The first-order chi connectivity index (χ1) is 11.8. The van der Waals surface area contributed by atoms with Gasteiger partial charge in [0.25, 0.3) is 0 Å². The SMILES string of the molecule is CC(C)C(C)c1ncc2cnc(NC3CCN(S(C)(=O)=O)CC3)nn12. The largest absolute Gasteiger partial charge is 0.350 e. The van der Waals surface area contributed by atoms with Crippen LogP contribution in [0.3, 0.4) is 0 Å². The number of rotatable bonds is 5. The third-order valence-electron chi connectivity index (χ3n) is 4.97. The second kappa shape index (κ2) is 6.87. The molecule has 25 heavy (non-hydrogen) atoms. The maximum Gasteiger partial charge on any atom is 0.241 e. The molecular weight excluding hydrogens is 340 g/mol. The molecule has 9 heteroatoms. The molecule has 1 fully saturated rings. The van der Waals surface area contributed by atoms with Gasteiger partial charge in [0.2, 0.25) is 16.0 Å². The minimum atomic E-state index is -3.10. The quantitative estimate of drug-likeness (QED) is 0.866. The maximum atomic E-state index is 11.6. The van der Waals surface area contributed by atoms with E-state index in [1.807, 2.05) is 4.52 Å². The van der Waals surface area contributed by atoms with Gasteiger partial charge in [-0.05, 0) is 18.8 Å². The van der Waals surface area contributed by atoms with Gasteiger partial charge >= 0.3 is 0 Å². The summed E-state index contributed by atoms with van der Waals surface area (Å²) >= 11 is 0. The third-order valence-corrected chi connectivity index (χ3v) is 6.27. The Morgan fingerprint density at radius 2 is 1.80 bits per heavy atom. The number of anilines is 1. The lowest BCUT2D eigenvalue weighted by atomic mass is 9.98. The van der Waals surface area contributed by atoms with Crippen LogP contribution in [0.2, 0.25) is 0 Å². The Labute approximate surface area is 148 Å². The summed E-state index contributed by atoms with van der Waals surface area (Å²) in [6, 6.07) is 0.171. The van der Waals surface area contributed by atoms with E-state index < -0.39 is 10.0 Å². The number of fused-ring (bicyclic) bond motifs is 1. The molecule has 1 aliphatic rings. The lowest BCUT2D eigenvalue weighted by Crippen LogP contribution is -2.42. The maximum absolute atomic E-state index is 11.6. The van der Waals surface area contributed by atoms with E-state index in [2.05, 4.69) is 41.2 Å². The number of sulfonamides is 1. The molecule has 2 aromatic heterocycles. The summed E-state index contributed by atoms with van der Waals surface area (Å²) in [5.41, 5.74) is 0.875. The number of aromatic nitrogens is 4. The molecule has 1 aliphatic heterocycles. The van der Waals surface area contributed by atoms with Crippen molar-refractivity contribution in [1.29, 1.82) is 0 Å². The predicted octanol–water partition coefficient (Wildman–Crippen LogP) is 1.72. The van der Waals surface area contributed by atoms with E-state index in [4.69, 9.17) is 0 Å². The Bertz CT molecular complexity index is 839. The molecule has 1 atom stereocenters. The van der Waals surface area contributed by atoms with Crippen LogP contribution >= 0.6 is 0 Å². The van der Waals surface area contributed by atoms with Gasteiger partial charge in [-0.15, -0.1) is 5.10 Å². The fraction of sp³-hybridized carbons (Fsp3) is 0.688. The highest BCUT2D eigenvalue weighted by molar-refractivity contribution is 7.88. The van der Waals surface area contributed by atoms with Gasteiger partial charge in [0.15, 0.2) is 0 Å². The second-order valence-electron chi connectivity index (χ2n) is 7.15. The normalized spacial score (nSPS) is 18.8. The Hall–Kier alpha value is -1.74. The molecule has 0 bridgehead atoms. The van der Waals surface area contributed by atoms with Crippen LogP contribution in [0.4, 0.5) is 5.95 Å². The van der Waals surface area contributed by atoms with Crippen molar-refractivity contribution in [2.75, 3.05) is 24.7 Å². The molecule has 0 spiro atoms. The van der Waals surface area contributed by atoms with Gasteiger partial charge in [0.05, 0.1) is 18.6 Å². The van der Waals surface area contributed by atoms with Crippen molar-refractivity contribution >= 4 is 21.5 Å². The van der Waals surface area contributed by atoms with Gasteiger partial charge in [0, 0.05) is 25.0 Å². The van der Waals surface area contributed by atoms with Crippen molar-refractivity contribution in [2.45, 2.75) is 45.6 Å². The van der Waals surface area contributed by atoms with Gasteiger partial charge in [0.1, 0.15) is 11.3 Å². The Morgan fingerprint density at radius 3 is 2.40 bits per heavy atom. The number of nitrogens with one attached hydrogen (secondary N) is 1. The summed E-state index contributed by atoms with van der Waals surface area (Å²) in [5, 5.41) is 7.94. The summed E-state index contributed by atoms with van der Waals surface area (Å²) in [6.45, 7) is 7.54. The van der Waals surface area contributed by atoms with Crippen molar-refractivity contribution in [3.63, 3.8) is 0 Å². The van der Waals surface area contributed by atoms with Crippen LogP contribution < -0.4 is 5.32 Å². The second-order valence-corrected chi connectivity index (χ2v) is 9.13. The molecular formula is C16H26N6O2S. The molecule has 0 aliphatic carbocycles. The van der Waals surface area contributed by atoms with E-state index in [1.54, 1.807) is 12.4 Å². The monoisotopic (exact) mass is 366 g/mol. The number of hydrogen-bond donors (Lipinski definition) is 1. The molecule has 1 N–H and O–H groups in total. The van der Waals surface area contributed by atoms with E-state index in [0.29, 0.717) is 30.9 Å². The zero-order valence-electron chi connectivity index (χ0n) is 15.2. The Morgan fingerprint density at radius 1 is 1.16 bits per heavy atom. The van der Waals surface area contributed by atoms with Crippen molar-refractivity contribution in [3.05, 3.63) is 18.2 Å². The molecule has 0 amide bonds. The van der Waals surface area contributed by atoms with Crippen molar-refractivity contribution in [3.8, 4) is 0 Å². The first kappa shape index (κ1) is 18.1. The zero-order valence-corrected chi connectivity index (χ0v) is 16.0. The highest BCUT2D eigenvalue weighted by Gasteiger charge is 2.25. The molecule has 1 unspecified atom stereocenters. The number of imidazole rings is 1. The summed E-state index contributed by atoms with van der Waals surface area (Å²) < 4.78 is 26.6. The van der Waals surface area contributed by atoms with Crippen LogP contribution in [0.15, 0.2) is 12.4 Å². The average Bonchev–Trinajstić information content (AvgIpc) is 2.97. The lowest BCUT2D eigenvalue weighted by Gasteiger charge is -2.30. The average molecular weight is 366 g/mol. The van der Waals surface area contributed by atoms with Crippen LogP contribution in [0.1, 0.15) is 45.4 Å². The Kier molecular flexibility index (Phi) is 4.97. The molecule has 0 saturated carbocycles. The summed E-state index contributed by atoms with van der Waals surface area (Å²) in [7, 11) is -3.10. The highest BCUT2D eigenvalue weighted by Crippen LogP contribution is 2.23. The third kappa shape index (κ3) is 3.92. The lowest BCUT2D eigenvalue weighted by molar-refractivity contribution is 0.331. The number of piperidine rings is 1. The van der Waals surface area contributed by atoms with Crippen LogP contribution in [0, 0.1) is 5.92 Å². The summed E-state index contributed by atoms with van der Waals surface area (Å²) in [4.78, 5) is 8.87. The van der Waals surface area contributed by atoms with Crippen LogP contribution in [0.5, 0.6) is 0 Å². The standard InChI is InChI=1S/C16H26N6O2S/c1-11(2)12(3)15-17-9-14-10-18-16(20-22(14)15)19-13-5-7-21(8-6-13)25(4,23)24/h9-13H,5-8H2,1-4H3,(H,19,20). The van der Waals surface area contributed by atoms with E-state index in [-0.39, 0.29) is 6.04 Å². The topological polar surface area (TPSA) is 92.5 Å². The molecule has 0 aromatic carbocycles. The first-order valence-corrected chi connectivity index (χ1v) is 10.5. The van der Waals surface area contributed by atoms with Crippen molar-refractivity contribution in [1.82, 2.24) is 23.9 Å². The molecule has 1 saturated heterocycles. The summed E-state index contributed by atoms with van der Waals surface area (Å²) in [5.74, 6) is 2.25. The smallest absolute Gasteiger partial charge is 0.241 e. The minimum Gasteiger partial charge on any atom is -0.350 e. The van der Waals surface area contributed by atoms with Gasteiger partial charge in [-0.3, -0.25) is 0 Å². The van der Waals surface area contributed by atoms with Crippen LogP contribution in [-0.4, -0.2) is 57.7 Å². The van der Waals surface area contributed by atoms with Gasteiger partial charge in [-0.25, -0.2) is 27.2 Å². The Balaban J connectivity index is 1.73. The van der Waals surface area contributed by atoms with E-state index in [1.165, 1.54) is 10.6 Å². The number of nitrogens with zero attached hydrogens (tertiary/aromatic N) is 5. The van der Waals surface area contributed by atoms with Gasteiger partial charge in [-0.2, -0.15) is 0 Å². The van der Waals surface area contributed by atoms with E-state index in [9.17, 15) is 8.42 Å². The van der Waals surface area contributed by atoms with Crippen LogP contribution in [0.25, 0.3) is 5.52 Å². The van der Waals surface area contributed by atoms with Gasteiger partial charge in [-0.1, -0.05) is 20.8 Å². The molecule has 8 nitrogen and oxygen atoms in total. The molecule has 3 heterocycles. The fourth-order valence-corrected chi connectivity index (χ4v) is 3.88. The molecule has 2 aromatic rings. The fourth-order valence-electron chi connectivity index (χ4n) is 3.01. The van der Waals surface area contributed by atoms with E-state index >= 15 is 0 Å². The number of hydrogen-bond acceptors (Lipinski definition) is 6. The van der Waals surface area contributed by atoms with E-state index in [0.717, 1.165) is 24.2 Å². The highest BCUT2D eigenvalue weighted by atomic mass is 32.2. The zero-order chi connectivity index (χ0) is 18.2. The summed E-state index contributed by atoms with van der Waals surface area (Å²) in [6.07, 6.45) is 6.31. The molecule has 138 valence electrons.